The highest BCUT2D eigenvalue weighted by atomic mass is 16.6. The maximum atomic E-state index is 13.7. The fourth-order valence-electron chi connectivity index (χ4n) is 3.57. The molecular formula is C25H19NO6. The Morgan fingerprint density at radius 1 is 0.938 bits per heavy atom. The molecule has 160 valence electrons. The first kappa shape index (κ1) is 20.9. The third-order valence-corrected chi connectivity index (χ3v) is 5.10. The van der Waals surface area contributed by atoms with E-state index in [1.807, 2.05) is 0 Å². The Bertz CT molecular complexity index is 1190. The van der Waals surface area contributed by atoms with Gasteiger partial charge in [0.1, 0.15) is 11.3 Å². The van der Waals surface area contributed by atoms with Gasteiger partial charge in [0.05, 0.1) is 7.11 Å². The van der Waals surface area contributed by atoms with Crippen molar-refractivity contribution in [3.8, 4) is 5.75 Å². The summed E-state index contributed by atoms with van der Waals surface area (Å²) in [6, 6.07) is 23.0. The molecule has 7 heteroatoms. The van der Waals surface area contributed by atoms with Gasteiger partial charge in [0, 0.05) is 11.3 Å². The lowest BCUT2D eigenvalue weighted by atomic mass is 9.95. The monoisotopic (exact) mass is 429 g/mol. The van der Waals surface area contributed by atoms with Crippen LogP contribution in [0.1, 0.15) is 11.1 Å². The minimum atomic E-state index is -2.38. The smallest absolute Gasteiger partial charge is 0.375 e. The highest BCUT2D eigenvalue weighted by Gasteiger charge is 2.58. The summed E-state index contributed by atoms with van der Waals surface area (Å²) in [5.41, 5.74) is -1.69. The average molecular weight is 429 g/mol. The third kappa shape index (κ3) is 3.50. The van der Waals surface area contributed by atoms with Crippen LogP contribution in [0.5, 0.6) is 5.75 Å². The molecule has 1 aliphatic heterocycles. The van der Waals surface area contributed by atoms with E-state index in [4.69, 9.17) is 9.47 Å². The Kier molecular flexibility index (Phi) is 5.47. The lowest BCUT2D eigenvalue weighted by molar-refractivity contribution is -0.182. The first-order valence-electron chi connectivity index (χ1n) is 9.75. The molecule has 4 rings (SSSR count). The summed E-state index contributed by atoms with van der Waals surface area (Å²) < 4.78 is 10.7. The zero-order valence-corrected chi connectivity index (χ0v) is 17.1. The van der Waals surface area contributed by atoms with E-state index in [9.17, 15) is 19.5 Å². The Labute approximate surface area is 184 Å². The fourth-order valence-corrected chi connectivity index (χ4v) is 3.57. The van der Waals surface area contributed by atoms with Crippen molar-refractivity contribution in [2.24, 2.45) is 0 Å². The molecular weight excluding hydrogens is 410 g/mol. The number of carboxylic acid groups (broad SMARTS) is 1. The number of benzene rings is 3. The predicted molar refractivity (Wildman–Crippen MR) is 117 cm³/mol. The van der Waals surface area contributed by atoms with E-state index in [0.29, 0.717) is 11.3 Å². The zero-order valence-electron chi connectivity index (χ0n) is 17.1. The Balaban J connectivity index is 1.93. The van der Waals surface area contributed by atoms with Crippen LogP contribution in [0.25, 0.3) is 6.08 Å². The summed E-state index contributed by atoms with van der Waals surface area (Å²) in [6.45, 7) is 0. The molecule has 0 spiro atoms. The summed E-state index contributed by atoms with van der Waals surface area (Å²) in [6.07, 6.45) is 1.39. The topological polar surface area (TPSA) is 93.1 Å². The van der Waals surface area contributed by atoms with Gasteiger partial charge in [-0.25, -0.2) is 9.59 Å². The largest absolute Gasteiger partial charge is 0.497 e. The lowest BCUT2D eigenvalue weighted by Crippen LogP contribution is -2.62. The van der Waals surface area contributed by atoms with Gasteiger partial charge >= 0.3 is 17.7 Å². The Morgan fingerprint density at radius 3 is 2.09 bits per heavy atom. The molecule has 1 aliphatic rings. The van der Waals surface area contributed by atoms with E-state index in [1.165, 1.54) is 37.5 Å². The van der Waals surface area contributed by atoms with Gasteiger partial charge in [0.25, 0.3) is 5.91 Å². The first-order chi connectivity index (χ1) is 15.5. The number of carbonyl (C=O) groups excluding carboxylic acids is 2. The molecule has 3 aromatic carbocycles. The van der Waals surface area contributed by atoms with Crippen LogP contribution in [0.3, 0.4) is 0 Å². The van der Waals surface area contributed by atoms with Crippen molar-refractivity contribution in [1.29, 1.82) is 0 Å². The molecule has 7 nitrogen and oxygen atoms in total. The van der Waals surface area contributed by atoms with Gasteiger partial charge in [-0.1, -0.05) is 60.7 Å². The molecule has 0 unspecified atom stereocenters. The van der Waals surface area contributed by atoms with Crippen LogP contribution in [0.2, 0.25) is 0 Å². The normalized spacial score (nSPS) is 19.5. The second-order valence-electron chi connectivity index (χ2n) is 7.01. The number of carboxylic acids is 1. The summed E-state index contributed by atoms with van der Waals surface area (Å²) >= 11 is 0. The van der Waals surface area contributed by atoms with Crippen LogP contribution in [0.15, 0.2) is 90.5 Å². The maximum absolute atomic E-state index is 13.7. The number of nitrogens with zero attached hydrogens (tertiary/aromatic N) is 1. The second-order valence-corrected chi connectivity index (χ2v) is 7.01. The number of carbonyl (C=O) groups is 3. The maximum Gasteiger partial charge on any atom is 0.375 e. The molecule has 32 heavy (non-hydrogen) atoms. The van der Waals surface area contributed by atoms with E-state index >= 15 is 0 Å². The Hall–Kier alpha value is -4.39. The van der Waals surface area contributed by atoms with Crippen LogP contribution < -0.4 is 9.64 Å². The van der Waals surface area contributed by atoms with Gasteiger partial charge in [-0.2, -0.15) is 0 Å². The first-order valence-corrected chi connectivity index (χ1v) is 9.75. The molecule has 0 radical (unpaired) electrons. The summed E-state index contributed by atoms with van der Waals surface area (Å²) in [5, 5.41) is 10.3. The van der Waals surface area contributed by atoms with Crippen LogP contribution in [0, 0.1) is 0 Å². The van der Waals surface area contributed by atoms with Gasteiger partial charge in [0.15, 0.2) is 0 Å². The molecule has 1 N–H and O–H groups in total. The third-order valence-electron chi connectivity index (χ3n) is 5.10. The van der Waals surface area contributed by atoms with E-state index in [2.05, 4.69) is 0 Å². The van der Waals surface area contributed by atoms with Gasteiger partial charge in [-0.05, 0) is 35.9 Å². The van der Waals surface area contributed by atoms with E-state index < -0.39 is 23.6 Å². The van der Waals surface area contributed by atoms with Crippen molar-refractivity contribution in [2.45, 2.75) is 5.72 Å². The molecule has 0 bridgehead atoms. The number of esters is 1. The second kappa shape index (κ2) is 8.39. The van der Waals surface area contributed by atoms with Gasteiger partial charge in [-0.3, -0.25) is 9.69 Å². The summed E-state index contributed by atoms with van der Waals surface area (Å²) in [7, 11) is 1.50. The van der Waals surface area contributed by atoms with Crippen molar-refractivity contribution >= 4 is 29.6 Å². The van der Waals surface area contributed by atoms with Crippen molar-refractivity contribution in [1.82, 2.24) is 0 Å². The molecule has 1 heterocycles. The number of aliphatic carboxylic acids is 1. The molecule has 0 aliphatic carbocycles. The van der Waals surface area contributed by atoms with E-state index in [-0.39, 0.29) is 16.8 Å². The lowest BCUT2D eigenvalue weighted by Gasteiger charge is -2.43. The molecule has 3 aromatic rings. The van der Waals surface area contributed by atoms with Gasteiger partial charge < -0.3 is 14.6 Å². The summed E-state index contributed by atoms with van der Waals surface area (Å²) in [5.74, 6) is -2.78. The molecule has 1 saturated heterocycles. The van der Waals surface area contributed by atoms with E-state index in [0.717, 1.165) is 4.90 Å². The number of hydrogen-bond donors (Lipinski definition) is 1. The van der Waals surface area contributed by atoms with Gasteiger partial charge in [-0.15, -0.1) is 0 Å². The van der Waals surface area contributed by atoms with Crippen LogP contribution in [-0.2, 0) is 24.8 Å². The van der Waals surface area contributed by atoms with Crippen LogP contribution >= 0.6 is 0 Å². The molecule has 1 amide bonds. The van der Waals surface area contributed by atoms with Crippen LogP contribution in [-0.4, -0.2) is 30.1 Å². The number of cyclic esters (lactones) is 1. The van der Waals surface area contributed by atoms with Gasteiger partial charge in [0.2, 0.25) is 0 Å². The average Bonchev–Trinajstić information content (AvgIpc) is 2.82. The highest BCUT2D eigenvalue weighted by molar-refractivity contribution is 6.28. The molecule has 0 aromatic heterocycles. The SMILES string of the molecule is COc1ccc(N2C(=O)/C(=C\c3ccccc3)C(=O)O[C@]2(C(=O)O)c2ccccc2)cc1. The number of anilines is 1. The predicted octanol–water partition coefficient (Wildman–Crippen LogP) is 3.61. The zero-order chi connectivity index (χ0) is 22.7. The minimum Gasteiger partial charge on any atom is -0.497 e. The number of rotatable bonds is 5. The molecule has 0 saturated carbocycles. The number of methoxy groups -OCH3 is 1. The van der Waals surface area contributed by atoms with Crippen molar-refractivity contribution in [3.05, 3.63) is 102 Å². The molecule has 1 fully saturated rings. The van der Waals surface area contributed by atoms with Crippen molar-refractivity contribution < 1.29 is 29.0 Å². The number of amides is 1. The minimum absolute atomic E-state index is 0.128. The number of hydrogen-bond acceptors (Lipinski definition) is 5. The number of ether oxygens (including phenoxy) is 2. The van der Waals surface area contributed by atoms with Crippen molar-refractivity contribution in [2.75, 3.05) is 12.0 Å². The molecule has 1 atom stereocenters. The quantitative estimate of drug-likeness (QED) is 0.378. The van der Waals surface area contributed by atoms with E-state index in [1.54, 1.807) is 60.7 Å². The summed E-state index contributed by atoms with van der Waals surface area (Å²) in [4.78, 5) is 40.2. The Morgan fingerprint density at radius 2 is 1.53 bits per heavy atom. The fraction of sp³-hybridized carbons (Fsp3) is 0.0800. The standard InChI is InChI=1S/C25H19NO6/c1-31-20-14-12-19(13-15-20)26-22(27)21(16-17-8-4-2-5-9-17)23(28)32-25(26,24(29)30)18-10-6-3-7-11-18/h2-16H,1H3,(H,29,30)/b21-16+/t25-/m0/s1. The highest BCUT2D eigenvalue weighted by Crippen LogP contribution is 2.41. The van der Waals surface area contributed by atoms with Crippen molar-refractivity contribution in [3.63, 3.8) is 0 Å². The van der Waals surface area contributed by atoms with Crippen LogP contribution in [0.4, 0.5) is 5.69 Å².